The lowest BCUT2D eigenvalue weighted by Crippen LogP contribution is -2.28. The minimum absolute atomic E-state index is 0.347. The maximum Gasteiger partial charge on any atom is 0.131 e. The number of halogens is 1. The summed E-state index contributed by atoms with van der Waals surface area (Å²) in [6.45, 7) is 1.73. The van der Waals surface area contributed by atoms with Crippen LogP contribution in [-0.2, 0) is 0 Å². The molecule has 0 spiro atoms. The van der Waals surface area contributed by atoms with Crippen molar-refractivity contribution < 1.29 is 9.13 Å². The Hall–Kier alpha value is -1.57. The van der Waals surface area contributed by atoms with E-state index in [0.29, 0.717) is 17.7 Å². The van der Waals surface area contributed by atoms with Crippen LogP contribution in [0.5, 0.6) is 5.75 Å². The summed E-state index contributed by atoms with van der Waals surface area (Å²) in [5.41, 5.74) is 2.96. The minimum Gasteiger partial charge on any atom is -0.496 e. The van der Waals surface area contributed by atoms with Crippen molar-refractivity contribution in [3.8, 4) is 17.6 Å². The van der Waals surface area contributed by atoms with E-state index in [2.05, 4.69) is 17.3 Å². The van der Waals surface area contributed by atoms with Gasteiger partial charge >= 0.3 is 0 Å². The van der Waals surface area contributed by atoms with Gasteiger partial charge in [0.05, 0.1) is 13.2 Å². The molecular weight excluding hydrogens is 207 g/mol. The Kier molecular flexibility index (Phi) is 4.77. The number of ether oxygens (including phenoxy) is 1. The number of benzene rings is 1. The number of hydrogen-bond acceptors (Lipinski definition) is 3. The van der Waals surface area contributed by atoms with Gasteiger partial charge in [-0.05, 0) is 19.1 Å². The van der Waals surface area contributed by atoms with E-state index in [1.54, 1.807) is 19.1 Å². The largest absolute Gasteiger partial charge is 0.496 e. The highest BCUT2D eigenvalue weighted by molar-refractivity contribution is 5.37. The fraction of sp³-hybridized carbons (Fsp3) is 0.333. The van der Waals surface area contributed by atoms with Crippen molar-refractivity contribution >= 4 is 0 Å². The highest BCUT2D eigenvalue weighted by atomic mass is 19.1. The van der Waals surface area contributed by atoms with Crippen LogP contribution in [0.1, 0.15) is 24.9 Å². The summed E-state index contributed by atoms with van der Waals surface area (Å²) >= 11 is 0. The zero-order valence-corrected chi connectivity index (χ0v) is 9.38. The van der Waals surface area contributed by atoms with Crippen molar-refractivity contribution in [1.29, 1.82) is 0 Å². The molecule has 0 radical (unpaired) electrons. The van der Waals surface area contributed by atoms with Gasteiger partial charge < -0.3 is 4.74 Å². The molecule has 0 aliphatic carbocycles. The average molecular weight is 222 g/mol. The van der Waals surface area contributed by atoms with Gasteiger partial charge in [0.2, 0.25) is 0 Å². The van der Waals surface area contributed by atoms with Gasteiger partial charge in [0.25, 0.3) is 0 Å². The molecule has 3 nitrogen and oxygen atoms in total. The van der Waals surface area contributed by atoms with Crippen LogP contribution in [0.4, 0.5) is 4.39 Å². The van der Waals surface area contributed by atoms with Gasteiger partial charge in [0, 0.05) is 12.0 Å². The predicted molar refractivity (Wildman–Crippen MR) is 61.1 cm³/mol. The molecule has 0 saturated carbocycles. The standard InChI is InChI=1S/C12H15FN2O/c1-3-4-7-10(15-14)12-9(13)6-5-8-11(12)16-2/h5-6,8,10,15H,7,14H2,1-2H3. The molecule has 0 aromatic heterocycles. The first kappa shape index (κ1) is 12.5. The smallest absolute Gasteiger partial charge is 0.131 e. The molecule has 0 bridgehead atoms. The Bertz CT molecular complexity index is 409. The molecule has 1 aromatic rings. The zero-order chi connectivity index (χ0) is 12.0. The Labute approximate surface area is 94.8 Å². The molecule has 16 heavy (non-hydrogen) atoms. The van der Waals surface area contributed by atoms with Gasteiger partial charge in [-0.3, -0.25) is 11.3 Å². The van der Waals surface area contributed by atoms with Crippen LogP contribution in [0.3, 0.4) is 0 Å². The van der Waals surface area contributed by atoms with Gasteiger partial charge in [-0.2, -0.15) is 0 Å². The maximum atomic E-state index is 13.7. The first-order valence-electron chi connectivity index (χ1n) is 4.92. The van der Waals surface area contributed by atoms with Gasteiger partial charge in [-0.25, -0.2) is 4.39 Å². The lowest BCUT2D eigenvalue weighted by atomic mass is 10.0. The minimum atomic E-state index is -0.372. The third-order valence-corrected chi connectivity index (χ3v) is 2.27. The molecule has 1 rings (SSSR count). The average Bonchev–Trinajstić information content (AvgIpc) is 2.31. The lowest BCUT2D eigenvalue weighted by molar-refractivity contribution is 0.391. The third-order valence-electron chi connectivity index (χ3n) is 2.27. The molecule has 1 atom stereocenters. The summed E-state index contributed by atoms with van der Waals surface area (Å²) in [5, 5.41) is 0. The van der Waals surface area contributed by atoms with Crippen molar-refractivity contribution in [3.63, 3.8) is 0 Å². The summed E-state index contributed by atoms with van der Waals surface area (Å²) in [7, 11) is 1.50. The second kappa shape index (κ2) is 6.11. The highest BCUT2D eigenvalue weighted by Gasteiger charge is 2.18. The first-order chi connectivity index (χ1) is 7.74. The van der Waals surface area contributed by atoms with Crippen LogP contribution >= 0.6 is 0 Å². The predicted octanol–water partition coefficient (Wildman–Crippen LogP) is 1.75. The SMILES string of the molecule is CC#CCC(NN)c1c(F)cccc1OC. The number of nitrogens with two attached hydrogens (primary N) is 1. The molecule has 0 saturated heterocycles. The van der Waals surface area contributed by atoms with Gasteiger partial charge in [0.15, 0.2) is 0 Å². The molecule has 0 heterocycles. The normalized spacial score (nSPS) is 11.5. The second-order valence-electron chi connectivity index (χ2n) is 3.21. The van der Waals surface area contributed by atoms with E-state index in [1.807, 2.05) is 0 Å². The Morgan fingerprint density at radius 2 is 2.31 bits per heavy atom. The van der Waals surface area contributed by atoms with Crippen molar-refractivity contribution in [2.45, 2.75) is 19.4 Å². The van der Waals surface area contributed by atoms with Crippen LogP contribution in [0.25, 0.3) is 0 Å². The zero-order valence-electron chi connectivity index (χ0n) is 9.38. The quantitative estimate of drug-likeness (QED) is 0.463. The van der Waals surface area contributed by atoms with E-state index in [-0.39, 0.29) is 11.9 Å². The lowest BCUT2D eigenvalue weighted by Gasteiger charge is -2.17. The maximum absolute atomic E-state index is 13.7. The van der Waals surface area contributed by atoms with Crippen molar-refractivity contribution in [2.24, 2.45) is 5.84 Å². The first-order valence-corrected chi connectivity index (χ1v) is 4.92. The fourth-order valence-electron chi connectivity index (χ4n) is 1.48. The van der Waals surface area contributed by atoms with Crippen molar-refractivity contribution in [3.05, 3.63) is 29.6 Å². The number of methoxy groups -OCH3 is 1. The van der Waals surface area contributed by atoms with Gasteiger partial charge in [-0.1, -0.05) is 6.07 Å². The monoisotopic (exact) mass is 222 g/mol. The molecular formula is C12H15FN2O. The molecule has 3 N–H and O–H groups in total. The molecule has 4 heteroatoms. The molecule has 1 unspecified atom stereocenters. The highest BCUT2D eigenvalue weighted by Crippen LogP contribution is 2.28. The summed E-state index contributed by atoms with van der Waals surface area (Å²) in [5.74, 6) is 11.1. The van der Waals surface area contributed by atoms with E-state index < -0.39 is 0 Å². The Morgan fingerprint density at radius 1 is 1.56 bits per heavy atom. The summed E-state index contributed by atoms with van der Waals surface area (Å²) in [6, 6.07) is 4.30. The Balaban J connectivity index is 3.10. The molecule has 1 aromatic carbocycles. The second-order valence-corrected chi connectivity index (χ2v) is 3.21. The molecule has 0 amide bonds. The molecule has 86 valence electrons. The summed E-state index contributed by atoms with van der Waals surface area (Å²) < 4.78 is 18.8. The fourth-order valence-corrected chi connectivity index (χ4v) is 1.48. The molecule has 0 aliphatic rings. The third kappa shape index (κ3) is 2.72. The number of hydrazine groups is 1. The van der Waals surface area contributed by atoms with E-state index in [9.17, 15) is 4.39 Å². The number of rotatable bonds is 4. The van der Waals surface area contributed by atoms with Crippen molar-refractivity contribution in [1.82, 2.24) is 5.43 Å². The molecule has 0 fully saturated rings. The Morgan fingerprint density at radius 3 is 2.88 bits per heavy atom. The number of nitrogens with one attached hydrogen (secondary N) is 1. The van der Waals surface area contributed by atoms with Gasteiger partial charge in [0.1, 0.15) is 11.6 Å². The number of hydrogen-bond donors (Lipinski definition) is 2. The van der Waals surface area contributed by atoms with Crippen LogP contribution in [-0.4, -0.2) is 7.11 Å². The van der Waals surface area contributed by atoms with E-state index in [4.69, 9.17) is 10.6 Å². The van der Waals surface area contributed by atoms with E-state index >= 15 is 0 Å². The molecule has 0 aliphatic heterocycles. The van der Waals surface area contributed by atoms with Crippen molar-refractivity contribution in [2.75, 3.05) is 7.11 Å². The van der Waals surface area contributed by atoms with Crippen LogP contribution in [0, 0.1) is 17.7 Å². The van der Waals surface area contributed by atoms with E-state index in [0.717, 1.165) is 0 Å². The summed E-state index contributed by atoms with van der Waals surface area (Å²) in [6.07, 6.45) is 0.435. The van der Waals surface area contributed by atoms with Crippen LogP contribution in [0.15, 0.2) is 18.2 Å². The topological polar surface area (TPSA) is 47.3 Å². The van der Waals surface area contributed by atoms with E-state index in [1.165, 1.54) is 13.2 Å². The van der Waals surface area contributed by atoms with Crippen LogP contribution < -0.4 is 16.0 Å². The van der Waals surface area contributed by atoms with Gasteiger partial charge in [-0.15, -0.1) is 11.8 Å². The summed E-state index contributed by atoms with van der Waals surface area (Å²) in [4.78, 5) is 0. The van der Waals surface area contributed by atoms with Crippen LogP contribution in [0.2, 0.25) is 0 Å².